The fourth-order valence-electron chi connectivity index (χ4n) is 2.65. The Morgan fingerprint density at radius 1 is 1.45 bits per heavy atom. The zero-order valence-corrected chi connectivity index (χ0v) is 12.8. The van der Waals surface area contributed by atoms with Crippen LogP contribution in [0.2, 0.25) is 0 Å². The summed E-state index contributed by atoms with van der Waals surface area (Å²) in [6, 6.07) is 8.05. The Labute approximate surface area is 121 Å². The van der Waals surface area contributed by atoms with Crippen LogP contribution in [-0.4, -0.2) is 42.6 Å². The van der Waals surface area contributed by atoms with Crippen molar-refractivity contribution in [3.63, 3.8) is 0 Å². The zero-order valence-electron chi connectivity index (χ0n) is 12.8. The first kappa shape index (κ1) is 14.9. The molecule has 1 saturated heterocycles. The summed E-state index contributed by atoms with van der Waals surface area (Å²) in [7, 11) is 1.64. The van der Waals surface area contributed by atoms with E-state index in [0.717, 1.165) is 24.4 Å². The molecular formula is C16H24N2O2. The van der Waals surface area contributed by atoms with Crippen molar-refractivity contribution >= 4 is 5.91 Å². The number of piperazine rings is 1. The number of hydrogen-bond acceptors (Lipinski definition) is 3. The van der Waals surface area contributed by atoms with Crippen molar-refractivity contribution < 1.29 is 9.53 Å². The fraction of sp³-hybridized carbons (Fsp3) is 0.562. The summed E-state index contributed by atoms with van der Waals surface area (Å²) in [5, 5.41) is 3.42. The number of nitrogens with zero attached hydrogens (tertiary/aromatic N) is 1. The van der Waals surface area contributed by atoms with Crippen LogP contribution in [0.25, 0.3) is 0 Å². The van der Waals surface area contributed by atoms with Crippen molar-refractivity contribution in [2.45, 2.75) is 38.8 Å². The maximum absolute atomic E-state index is 12.6. The van der Waals surface area contributed by atoms with E-state index in [4.69, 9.17) is 4.74 Å². The van der Waals surface area contributed by atoms with Gasteiger partial charge in [-0.25, -0.2) is 0 Å². The normalized spacial score (nSPS) is 21.6. The molecule has 0 aromatic heterocycles. The minimum Gasteiger partial charge on any atom is -0.496 e. The third-order valence-electron chi connectivity index (χ3n) is 3.91. The maximum atomic E-state index is 12.6. The van der Waals surface area contributed by atoms with Gasteiger partial charge in [-0.05, 0) is 26.8 Å². The topological polar surface area (TPSA) is 41.6 Å². The van der Waals surface area contributed by atoms with E-state index in [-0.39, 0.29) is 11.4 Å². The predicted octanol–water partition coefficient (Wildman–Crippen LogP) is 1.84. The molecule has 0 aliphatic carbocycles. The van der Waals surface area contributed by atoms with Crippen LogP contribution in [-0.2, 0) is 11.2 Å². The number of rotatable bonds is 3. The fourth-order valence-corrected chi connectivity index (χ4v) is 2.65. The van der Waals surface area contributed by atoms with Gasteiger partial charge in [0.2, 0.25) is 5.91 Å². The van der Waals surface area contributed by atoms with Gasteiger partial charge in [-0.15, -0.1) is 0 Å². The van der Waals surface area contributed by atoms with Crippen LogP contribution in [0.4, 0.5) is 0 Å². The Hall–Kier alpha value is -1.55. The second-order valence-electron chi connectivity index (χ2n) is 6.09. The largest absolute Gasteiger partial charge is 0.496 e. The smallest absolute Gasteiger partial charge is 0.227 e. The average molecular weight is 276 g/mol. The molecule has 1 aliphatic heterocycles. The molecule has 110 valence electrons. The van der Waals surface area contributed by atoms with E-state index in [0.29, 0.717) is 12.5 Å². The molecule has 1 unspecified atom stereocenters. The minimum absolute atomic E-state index is 0.147. The molecule has 1 heterocycles. The molecule has 1 aromatic rings. The molecule has 4 heteroatoms. The van der Waals surface area contributed by atoms with E-state index >= 15 is 0 Å². The summed E-state index contributed by atoms with van der Waals surface area (Å²) in [6.45, 7) is 7.89. The second kappa shape index (κ2) is 5.83. The lowest BCUT2D eigenvalue weighted by Crippen LogP contribution is -2.63. The second-order valence-corrected chi connectivity index (χ2v) is 6.09. The molecular weight excluding hydrogens is 252 g/mol. The summed E-state index contributed by atoms with van der Waals surface area (Å²) >= 11 is 0. The van der Waals surface area contributed by atoms with E-state index in [1.54, 1.807) is 7.11 Å². The highest BCUT2D eigenvalue weighted by Crippen LogP contribution is 2.23. The van der Waals surface area contributed by atoms with Gasteiger partial charge in [0.1, 0.15) is 5.75 Å². The molecule has 4 nitrogen and oxygen atoms in total. The molecule has 1 aliphatic rings. The monoisotopic (exact) mass is 276 g/mol. The third kappa shape index (κ3) is 3.12. The maximum Gasteiger partial charge on any atom is 0.227 e. The van der Waals surface area contributed by atoms with Crippen LogP contribution in [0.15, 0.2) is 24.3 Å². The Balaban J connectivity index is 2.14. The Morgan fingerprint density at radius 2 is 2.15 bits per heavy atom. The van der Waals surface area contributed by atoms with Crippen LogP contribution < -0.4 is 10.1 Å². The van der Waals surface area contributed by atoms with Crippen molar-refractivity contribution in [2.24, 2.45) is 0 Å². The summed E-state index contributed by atoms with van der Waals surface area (Å²) < 4.78 is 5.32. The van der Waals surface area contributed by atoms with Crippen LogP contribution in [0.5, 0.6) is 5.75 Å². The predicted molar refractivity (Wildman–Crippen MR) is 80.0 cm³/mol. The van der Waals surface area contributed by atoms with Crippen molar-refractivity contribution in [2.75, 3.05) is 20.2 Å². The molecule has 1 N–H and O–H groups in total. The zero-order chi connectivity index (χ0) is 14.8. The first-order valence-corrected chi connectivity index (χ1v) is 7.10. The van der Waals surface area contributed by atoms with Crippen LogP contribution in [0.1, 0.15) is 26.3 Å². The number of benzene rings is 1. The Morgan fingerprint density at radius 3 is 2.85 bits per heavy atom. The summed E-state index contributed by atoms with van der Waals surface area (Å²) in [5.74, 6) is 0.940. The molecule has 2 rings (SSSR count). The van der Waals surface area contributed by atoms with Gasteiger partial charge in [-0.3, -0.25) is 4.79 Å². The van der Waals surface area contributed by atoms with E-state index in [2.05, 4.69) is 26.1 Å². The number of carbonyl (C=O) groups excluding carboxylic acids is 1. The molecule has 20 heavy (non-hydrogen) atoms. The van der Waals surface area contributed by atoms with Crippen molar-refractivity contribution in [1.82, 2.24) is 10.2 Å². The number of hydrogen-bond donors (Lipinski definition) is 1. The van der Waals surface area contributed by atoms with Crippen molar-refractivity contribution in [1.29, 1.82) is 0 Å². The van der Waals surface area contributed by atoms with Crippen LogP contribution in [0, 0.1) is 0 Å². The van der Waals surface area contributed by atoms with E-state index < -0.39 is 0 Å². The summed E-state index contributed by atoms with van der Waals surface area (Å²) in [4.78, 5) is 14.6. The van der Waals surface area contributed by atoms with Gasteiger partial charge in [0.15, 0.2) is 0 Å². The lowest BCUT2D eigenvalue weighted by molar-refractivity contribution is -0.137. The highest BCUT2D eigenvalue weighted by atomic mass is 16.5. The van der Waals surface area contributed by atoms with Gasteiger partial charge in [-0.1, -0.05) is 18.2 Å². The Kier molecular flexibility index (Phi) is 4.33. The first-order valence-electron chi connectivity index (χ1n) is 7.10. The van der Waals surface area contributed by atoms with Gasteiger partial charge in [-0.2, -0.15) is 0 Å². The molecule has 1 atom stereocenters. The van der Waals surface area contributed by atoms with E-state index in [9.17, 15) is 4.79 Å². The van der Waals surface area contributed by atoms with Gasteiger partial charge in [0.05, 0.1) is 13.5 Å². The average Bonchev–Trinajstić information content (AvgIpc) is 2.42. The number of carbonyl (C=O) groups is 1. The van der Waals surface area contributed by atoms with Gasteiger partial charge in [0.25, 0.3) is 0 Å². The number of ether oxygens (including phenoxy) is 1. The van der Waals surface area contributed by atoms with Gasteiger partial charge in [0, 0.05) is 30.2 Å². The summed E-state index contributed by atoms with van der Waals surface area (Å²) in [6.07, 6.45) is 0.389. The highest BCUT2D eigenvalue weighted by Gasteiger charge is 2.35. The van der Waals surface area contributed by atoms with Crippen molar-refractivity contribution in [3.8, 4) is 5.75 Å². The van der Waals surface area contributed by atoms with Gasteiger partial charge >= 0.3 is 0 Å². The lowest BCUT2D eigenvalue weighted by atomic mass is 9.96. The third-order valence-corrected chi connectivity index (χ3v) is 3.91. The number of nitrogens with one attached hydrogen (secondary N) is 1. The molecule has 0 spiro atoms. The number of para-hydroxylation sites is 1. The molecule has 0 saturated carbocycles. The van der Waals surface area contributed by atoms with E-state index in [1.807, 2.05) is 29.2 Å². The molecule has 1 aromatic carbocycles. The van der Waals surface area contributed by atoms with Gasteiger partial charge < -0.3 is 15.0 Å². The SMILES string of the molecule is COc1ccccc1CC(=O)N1CC(C)NCC1(C)C. The highest BCUT2D eigenvalue weighted by molar-refractivity contribution is 5.80. The van der Waals surface area contributed by atoms with Crippen LogP contribution in [0.3, 0.4) is 0 Å². The summed E-state index contributed by atoms with van der Waals surface area (Å²) in [5.41, 5.74) is 0.799. The van der Waals surface area contributed by atoms with E-state index in [1.165, 1.54) is 0 Å². The van der Waals surface area contributed by atoms with Crippen LogP contribution >= 0.6 is 0 Å². The minimum atomic E-state index is -0.147. The quantitative estimate of drug-likeness (QED) is 0.916. The Bertz CT molecular complexity index is 485. The lowest BCUT2D eigenvalue weighted by Gasteiger charge is -2.45. The molecule has 0 bridgehead atoms. The molecule has 0 radical (unpaired) electrons. The molecule has 1 amide bonds. The standard InChI is InChI=1S/C16H24N2O2/c1-12-10-18(16(2,3)11-17-12)15(19)9-13-7-5-6-8-14(13)20-4/h5-8,12,17H,9-11H2,1-4H3. The first-order chi connectivity index (χ1) is 9.44. The number of amides is 1. The number of methoxy groups -OCH3 is 1. The molecule has 1 fully saturated rings. The van der Waals surface area contributed by atoms with Crippen molar-refractivity contribution in [3.05, 3.63) is 29.8 Å².